The van der Waals surface area contributed by atoms with Crippen molar-refractivity contribution < 1.29 is 17.2 Å². The van der Waals surface area contributed by atoms with E-state index < -0.39 is 26.6 Å². The Morgan fingerprint density at radius 2 is 1.77 bits per heavy atom. The van der Waals surface area contributed by atoms with Gasteiger partial charge in [0.2, 0.25) is 5.96 Å². The third-order valence-corrected chi connectivity index (χ3v) is 5.69. The molecule has 120 valence electrons. The third kappa shape index (κ3) is 2.67. The summed E-state index contributed by atoms with van der Waals surface area (Å²) >= 11 is 0. The molecule has 0 radical (unpaired) electrons. The van der Waals surface area contributed by atoms with E-state index >= 15 is 0 Å². The first-order valence-corrected chi connectivity index (χ1v) is 8.71. The van der Waals surface area contributed by atoms with Gasteiger partial charge in [-0.1, -0.05) is 0 Å². The van der Waals surface area contributed by atoms with Gasteiger partial charge >= 0.3 is 0 Å². The van der Waals surface area contributed by atoms with Crippen LogP contribution < -0.4 is 0 Å². The lowest BCUT2D eigenvalue weighted by Gasteiger charge is -2.32. The molecule has 22 heavy (non-hydrogen) atoms. The summed E-state index contributed by atoms with van der Waals surface area (Å²) < 4.78 is 53.4. The number of nitrogens with zero attached hydrogens (tertiary/aromatic N) is 3. The summed E-state index contributed by atoms with van der Waals surface area (Å²) in [5.74, 6) is -1.50. The van der Waals surface area contributed by atoms with Crippen LogP contribution in [0.4, 0.5) is 8.78 Å². The molecular weight excluding hydrogens is 312 g/mol. The highest BCUT2D eigenvalue weighted by Gasteiger charge is 2.35. The van der Waals surface area contributed by atoms with E-state index in [0.29, 0.717) is 18.6 Å². The predicted molar refractivity (Wildman–Crippen MR) is 78.0 cm³/mol. The molecule has 3 rings (SSSR count). The largest absolute Gasteiger partial charge is 0.342 e. The molecule has 0 spiro atoms. The molecule has 8 heteroatoms. The zero-order valence-corrected chi connectivity index (χ0v) is 12.8. The first-order valence-electron chi connectivity index (χ1n) is 7.27. The summed E-state index contributed by atoms with van der Waals surface area (Å²) in [5, 5.41) is 0. The Balaban J connectivity index is 1.92. The Hall–Kier alpha value is -1.70. The normalized spacial score (nSPS) is 19.5. The van der Waals surface area contributed by atoms with Gasteiger partial charge in [-0.3, -0.25) is 4.99 Å². The van der Waals surface area contributed by atoms with Crippen LogP contribution in [0.3, 0.4) is 0 Å². The molecule has 2 heterocycles. The Morgan fingerprint density at radius 1 is 1.05 bits per heavy atom. The van der Waals surface area contributed by atoms with Crippen LogP contribution in [0.25, 0.3) is 0 Å². The van der Waals surface area contributed by atoms with Gasteiger partial charge in [-0.05, 0) is 31.4 Å². The van der Waals surface area contributed by atoms with E-state index in [1.165, 1.54) is 0 Å². The second-order valence-electron chi connectivity index (χ2n) is 5.38. The Morgan fingerprint density at radius 3 is 2.45 bits per heavy atom. The van der Waals surface area contributed by atoms with Crippen LogP contribution in [-0.2, 0) is 10.0 Å². The van der Waals surface area contributed by atoms with Crippen molar-refractivity contribution in [1.82, 2.24) is 9.21 Å². The van der Waals surface area contributed by atoms with Crippen molar-refractivity contribution in [2.45, 2.75) is 24.2 Å². The molecule has 0 aromatic heterocycles. The molecule has 1 aromatic carbocycles. The van der Waals surface area contributed by atoms with Crippen molar-refractivity contribution in [2.75, 3.05) is 26.2 Å². The maximum atomic E-state index is 13.9. The van der Waals surface area contributed by atoms with E-state index in [2.05, 4.69) is 4.99 Å². The van der Waals surface area contributed by atoms with Crippen LogP contribution in [0.1, 0.15) is 19.3 Å². The van der Waals surface area contributed by atoms with Crippen molar-refractivity contribution in [3.05, 3.63) is 29.8 Å². The number of hydrogen-bond donors (Lipinski definition) is 0. The maximum absolute atomic E-state index is 13.9. The molecule has 2 aliphatic heterocycles. The van der Waals surface area contributed by atoms with Gasteiger partial charge < -0.3 is 4.90 Å². The zero-order chi connectivity index (χ0) is 15.7. The minimum Gasteiger partial charge on any atom is -0.342 e. The van der Waals surface area contributed by atoms with E-state index in [-0.39, 0.29) is 6.54 Å². The molecule has 0 unspecified atom stereocenters. The average molecular weight is 329 g/mol. The lowest BCUT2D eigenvalue weighted by atomic mass is 10.1. The number of piperidine rings is 1. The average Bonchev–Trinajstić information content (AvgIpc) is 2.98. The summed E-state index contributed by atoms with van der Waals surface area (Å²) in [6.45, 7) is 2.03. The summed E-state index contributed by atoms with van der Waals surface area (Å²) in [6.07, 6.45) is 3.08. The van der Waals surface area contributed by atoms with E-state index in [1.807, 2.05) is 4.90 Å². The standard InChI is InChI=1S/C14H17F2N3O2S/c15-11-4-5-13(12(16)10-11)22(20,21)19-9-6-17-14(19)18-7-2-1-3-8-18/h4-5,10H,1-3,6-9H2. The minimum absolute atomic E-state index is 0.185. The number of halogens is 2. The predicted octanol–water partition coefficient (Wildman–Crippen LogP) is 1.81. The number of likely N-dealkylation sites (tertiary alicyclic amines) is 1. The number of hydrogen-bond acceptors (Lipinski definition) is 4. The summed E-state index contributed by atoms with van der Waals surface area (Å²) in [5.41, 5.74) is 0. The van der Waals surface area contributed by atoms with E-state index in [4.69, 9.17) is 0 Å². The first kappa shape index (κ1) is 15.2. The number of sulfonamides is 1. The molecule has 0 atom stereocenters. The highest BCUT2D eigenvalue weighted by atomic mass is 32.2. The fourth-order valence-electron chi connectivity index (χ4n) is 2.80. The van der Waals surface area contributed by atoms with Crippen LogP contribution in [0.15, 0.2) is 28.1 Å². The van der Waals surface area contributed by atoms with E-state index in [0.717, 1.165) is 48.8 Å². The highest BCUT2D eigenvalue weighted by Crippen LogP contribution is 2.24. The van der Waals surface area contributed by atoms with Crippen LogP contribution >= 0.6 is 0 Å². The van der Waals surface area contributed by atoms with Crippen LogP contribution in [0.2, 0.25) is 0 Å². The zero-order valence-electron chi connectivity index (χ0n) is 12.0. The second kappa shape index (κ2) is 5.83. The van der Waals surface area contributed by atoms with Crippen molar-refractivity contribution in [2.24, 2.45) is 4.99 Å². The van der Waals surface area contributed by atoms with E-state index in [1.54, 1.807) is 0 Å². The molecule has 0 N–H and O–H groups in total. The summed E-state index contributed by atoms with van der Waals surface area (Å²) in [6, 6.07) is 2.50. The van der Waals surface area contributed by atoms with Gasteiger partial charge in [0.1, 0.15) is 16.5 Å². The summed E-state index contributed by atoms with van der Waals surface area (Å²) in [7, 11) is -4.07. The van der Waals surface area contributed by atoms with Gasteiger partial charge in [0, 0.05) is 19.2 Å². The van der Waals surface area contributed by atoms with E-state index in [9.17, 15) is 17.2 Å². The topological polar surface area (TPSA) is 53.0 Å². The number of guanidine groups is 1. The van der Waals surface area contributed by atoms with Crippen LogP contribution in [0, 0.1) is 11.6 Å². The van der Waals surface area contributed by atoms with Gasteiger partial charge in [-0.15, -0.1) is 0 Å². The third-order valence-electron chi connectivity index (χ3n) is 3.88. The van der Waals surface area contributed by atoms with Crippen molar-refractivity contribution in [1.29, 1.82) is 0 Å². The maximum Gasteiger partial charge on any atom is 0.269 e. The fraction of sp³-hybridized carbons (Fsp3) is 0.500. The molecule has 0 saturated carbocycles. The van der Waals surface area contributed by atoms with Gasteiger partial charge in [0.05, 0.1) is 13.1 Å². The first-order chi connectivity index (χ1) is 10.5. The Kier molecular flexibility index (Phi) is 4.03. The molecule has 5 nitrogen and oxygen atoms in total. The molecule has 0 amide bonds. The van der Waals surface area contributed by atoms with Gasteiger partial charge in [0.15, 0.2) is 0 Å². The quantitative estimate of drug-likeness (QED) is 0.831. The lowest BCUT2D eigenvalue weighted by molar-refractivity contribution is 0.321. The monoisotopic (exact) mass is 329 g/mol. The molecule has 1 aromatic rings. The van der Waals surface area contributed by atoms with Gasteiger partial charge in [0.25, 0.3) is 10.0 Å². The molecule has 1 saturated heterocycles. The van der Waals surface area contributed by atoms with Gasteiger partial charge in [-0.2, -0.15) is 0 Å². The number of benzene rings is 1. The van der Waals surface area contributed by atoms with Crippen molar-refractivity contribution in [3.63, 3.8) is 0 Å². The van der Waals surface area contributed by atoms with Crippen molar-refractivity contribution in [3.8, 4) is 0 Å². The molecule has 2 aliphatic rings. The Bertz CT molecular complexity index is 700. The molecular formula is C14H17F2N3O2S. The minimum atomic E-state index is -4.07. The lowest BCUT2D eigenvalue weighted by Crippen LogP contribution is -2.47. The smallest absolute Gasteiger partial charge is 0.269 e. The Labute approximate surface area is 128 Å². The van der Waals surface area contributed by atoms with Crippen molar-refractivity contribution >= 4 is 16.0 Å². The SMILES string of the molecule is O=S(=O)(c1ccc(F)cc1F)N1CCN=C1N1CCCCC1. The molecule has 0 aliphatic carbocycles. The van der Waals surface area contributed by atoms with Crippen LogP contribution in [-0.4, -0.2) is 49.8 Å². The summed E-state index contributed by atoms with van der Waals surface area (Å²) in [4.78, 5) is 5.69. The molecule has 1 fully saturated rings. The number of aliphatic imine (C=N–C) groups is 1. The second-order valence-corrected chi connectivity index (χ2v) is 7.21. The molecule has 0 bridgehead atoms. The fourth-order valence-corrected chi connectivity index (χ4v) is 4.30. The highest BCUT2D eigenvalue weighted by molar-refractivity contribution is 7.89. The van der Waals surface area contributed by atoms with Gasteiger partial charge in [-0.25, -0.2) is 21.5 Å². The van der Waals surface area contributed by atoms with Crippen LogP contribution in [0.5, 0.6) is 0 Å². The number of rotatable bonds is 2.